The van der Waals surface area contributed by atoms with E-state index in [1.165, 1.54) is 38.5 Å². The summed E-state index contributed by atoms with van der Waals surface area (Å²) >= 11 is 0. The summed E-state index contributed by atoms with van der Waals surface area (Å²) in [6, 6.07) is 23.0. The highest BCUT2D eigenvalue weighted by Gasteiger charge is 2.20. The number of carbonyl (C=O) groups excluding carboxylic acids is 1. The van der Waals surface area contributed by atoms with Gasteiger partial charge < -0.3 is 19.3 Å². The molecule has 0 spiro atoms. The van der Waals surface area contributed by atoms with Crippen molar-refractivity contribution in [3.8, 4) is 11.8 Å². The number of nitriles is 1. The van der Waals surface area contributed by atoms with Crippen LogP contribution in [0, 0.1) is 11.3 Å². The lowest BCUT2D eigenvalue weighted by molar-refractivity contribution is 0.0510. The first-order valence-corrected chi connectivity index (χ1v) is 13.3. The Kier molecular flexibility index (Phi) is 8.46. The van der Waals surface area contributed by atoms with Crippen molar-refractivity contribution in [2.24, 2.45) is 0 Å². The van der Waals surface area contributed by atoms with E-state index >= 15 is 0 Å². The predicted molar refractivity (Wildman–Crippen MR) is 145 cm³/mol. The Labute approximate surface area is 226 Å². The topological polar surface area (TPSA) is 135 Å². The van der Waals surface area contributed by atoms with Crippen LogP contribution in [0.5, 0.6) is 5.75 Å². The van der Waals surface area contributed by atoms with Crippen LogP contribution >= 0.6 is 0 Å². The number of fused-ring (bicyclic) bond motifs is 1. The Morgan fingerprint density at radius 2 is 1.72 bits per heavy atom. The summed E-state index contributed by atoms with van der Waals surface area (Å²) in [6.45, 7) is -0.00842. The van der Waals surface area contributed by atoms with E-state index in [-0.39, 0.29) is 29.4 Å². The lowest BCUT2D eigenvalue weighted by Gasteiger charge is -2.18. The molecule has 39 heavy (non-hydrogen) atoms. The fraction of sp³-hybridized carbons (Fsp3) is 0.172. The molecule has 200 valence electrons. The van der Waals surface area contributed by atoms with Crippen LogP contribution in [0.3, 0.4) is 0 Å². The quantitative estimate of drug-likeness (QED) is 0.218. The first-order chi connectivity index (χ1) is 18.7. The number of carbonyl (C=O) groups is 1. The molecule has 0 fully saturated rings. The van der Waals surface area contributed by atoms with E-state index in [0.29, 0.717) is 22.4 Å². The molecular formula is C29H26N2O7S. The zero-order valence-electron chi connectivity index (χ0n) is 21.2. The monoisotopic (exact) mass is 546 g/mol. The van der Waals surface area contributed by atoms with Gasteiger partial charge in [0.2, 0.25) is 0 Å². The van der Waals surface area contributed by atoms with Gasteiger partial charge in [0.05, 0.1) is 41.0 Å². The Bertz CT molecular complexity index is 1650. The second kappa shape index (κ2) is 12.0. The fourth-order valence-corrected chi connectivity index (χ4v) is 5.12. The Morgan fingerprint density at radius 3 is 2.41 bits per heavy atom. The molecule has 0 aliphatic carbocycles. The van der Waals surface area contributed by atoms with Crippen LogP contribution in [0.2, 0.25) is 0 Å². The first-order valence-electron chi connectivity index (χ1n) is 11.8. The summed E-state index contributed by atoms with van der Waals surface area (Å²) in [5, 5.41) is 22.1. The summed E-state index contributed by atoms with van der Waals surface area (Å²) in [7, 11) is -1.31. The second-order valence-corrected chi connectivity index (χ2v) is 10.3. The maximum atomic E-state index is 13.2. The number of nitrogens with zero attached hydrogens (tertiary/aromatic N) is 1. The molecule has 0 radical (unpaired) electrons. The summed E-state index contributed by atoms with van der Waals surface area (Å²) in [4.78, 5) is 11.6. The Balaban J connectivity index is 1.64. The van der Waals surface area contributed by atoms with Crippen LogP contribution in [0.1, 0.15) is 33.2 Å². The normalized spacial score (nSPS) is 11.9. The predicted octanol–water partition coefficient (Wildman–Crippen LogP) is 4.56. The summed E-state index contributed by atoms with van der Waals surface area (Å²) in [6.07, 6.45) is -0.923. The van der Waals surface area contributed by atoms with Gasteiger partial charge in [-0.3, -0.25) is 4.72 Å². The maximum absolute atomic E-state index is 13.2. The molecular weight excluding hydrogens is 520 g/mol. The zero-order chi connectivity index (χ0) is 28.0. The molecule has 4 aromatic carbocycles. The van der Waals surface area contributed by atoms with Crippen LogP contribution in [0.25, 0.3) is 10.8 Å². The van der Waals surface area contributed by atoms with Crippen LogP contribution in [-0.4, -0.2) is 40.5 Å². The highest BCUT2D eigenvalue weighted by Crippen LogP contribution is 2.30. The number of anilines is 1. The Hall–Kier alpha value is -4.43. The maximum Gasteiger partial charge on any atom is 0.337 e. The highest BCUT2D eigenvalue weighted by molar-refractivity contribution is 7.92. The minimum absolute atomic E-state index is 0.00842. The van der Waals surface area contributed by atoms with E-state index in [0.717, 1.165) is 10.8 Å². The molecule has 0 bridgehead atoms. The first kappa shape index (κ1) is 27.6. The smallest absolute Gasteiger partial charge is 0.337 e. The molecule has 0 aromatic heterocycles. The van der Waals surface area contributed by atoms with E-state index in [4.69, 9.17) is 9.47 Å². The van der Waals surface area contributed by atoms with Gasteiger partial charge >= 0.3 is 5.97 Å². The van der Waals surface area contributed by atoms with Gasteiger partial charge in [-0.25, -0.2) is 13.2 Å². The van der Waals surface area contributed by atoms with Crippen molar-refractivity contribution in [3.63, 3.8) is 0 Å². The van der Waals surface area contributed by atoms with E-state index in [1.54, 1.807) is 42.5 Å². The fourth-order valence-electron chi connectivity index (χ4n) is 4.02. The number of hydrogen-bond acceptors (Lipinski definition) is 8. The van der Waals surface area contributed by atoms with Crippen molar-refractivity contribution in [1.29, 1.82) is 5.26 Å². The van der Waals surface area contributed by atoms with Gasteiger partial charge in [-0.15, -0.1) is 0 Å². The molecule has 0 heterocycles. The van der Waals surface area contributed by atoms with Crippen molar-refractivity contribution in [3.05, 3.63) is 101 Å². The number of esters is 1. The molecule has 4 rings (SSSR count). The number of aliphatic hydroxyl groups excluding tert-OH is 1. The van der Waals surface area contributed by atoms with Gasteiger partial charge in [0.25, 0.3) is 10.0 Å². The highest BCUT2D eigenvalue weighted by atomic mass is 32.2. The molecule has 0 amide bonds. The van der Waals surface area contributed by atoms with Crippen molar-refractivity contribution < 1.29 is 32.5 Å². The third-order valence-corrected chi connectivity index (χ3v) is 7.42. The summed E-state index contributed by atoms with van der Waals surface area (Å²) in [5.74, 6) is -0.144. The van der Waals surface area contributed by atoms with Crippen LogP contribution in [0.4, 0.5) is 5.69 Å². The van der Waals surface area contributed by atoms with E-state index < -0.39 is 22.1 Å². The third-order valence-electron chi connectivity index (χ3n) is 6.04. The molecule has 10 heteroatoms. The number of rotatable bonds is 10. The summed E-state index contributed by atoms with van der Waals surface area (Å²) in [5.41, 5.74) is 2.07. The molecule has 2 N–H and O–H groups in total. The van der Waals surface area contributed by atoms with Gasteiger partial charge in [0, 0.05) is 13.5 Å². The van der Waals surface area contributed by atoms with Gasteiger partial charge in [0.15, 0.2) is 6.79 Å². The van der Waals surface area contributed by atoms with Gasteiger partial charge in [0.1, 0.15) is 5.75 Å². The number of sulfonamides is 1. The van der Waals surface area contributed by atoms with Crippen molar-refractivity contribution >= 4 is 32.5 Å². The SMILES string of the molecule is COCOc1ccc(NS(=O)(=O)c2ccc(C(=O)OC)cc2)c(CC(O)c2ccc3ccc(C#N)cc3c2)c1. The third kappa shape index (κ3) is 6.53. The van der Waals surface area contributed by atoms with Gasteiger partial charge in [-0.05, 0) is 82.6 Å². The Morgan fingerprint density at radius 1 is 0.974 bits per heavy atom. The number of hydrogen-bond donors (Lipinski definition) is 2. The number of aliphatic hydroxyl groups is 1. The molecule has 0 saturated carbocycles. The number of ether oxygens (including phenoxy) is 3. The molecule has 0 saturated heterocycles. The van der Waals surface area contributed by atoms with Crippen LogP contribution in [-0.2, 0) is 25.9 Å². The second-order valence-electron chi connectivity index (χ2n) is 8.64. The van der Waals surface area contributed by atoms with Gasteiger partial charge in [-0.1, -0.05) is 18.2 Å². The van der Waals surface area contributed by atoms with Crippen molar-refractivity contribution in [1.82, 2.24) is 0 Å². The average molecular weight is 547 g/mol. The lowest BCUT2D eigenvalue weighted by atomic mass is 9.97. The standard InChI is InChI=1S/C29H26N2O7S/c1-36-18-38-25-9-12-27(31-39(34,35)26-10-7-21(8-11-26)29(33)37-2)24(15-25)16-28(32)22-6-5-20-4-3-19(17-30)13-23(20)14-22/h3-15,28,31-32H,16,18H2,1-2H3. The number of nitrogens with one attached hydrogen (secondary N) is 1. The molecule has 0 aliphatic heterocycles. The van der Waals surface area contributed by atoms with Crippen LogP contribution < -0.4 is 9.46 Å². The van der Waals surface area contributed by atoms with Crippen molar-refractivity contribution in [2.75, 3.05) is 25.7 Å². The average Bonchev–Trinajstić information content (AvgIpc) is 2.96. The van der Waals surface area contributed by atoms with E-state index in [2.05, 4.69) is 15.5 Å². The molecule has 0 aliphatic rings. The number of benzene rings is 4. The summed E-state index contributed by atoms with van der Waals surface area (Å²) < 4.78 is 44.0. The van der Waals surface area contributed by atoms with Gasteiger partial charge in [-0.2, -0.15) is 5.26 Å². The minimum Gasteiger partial charge on any atom is -0.468 e. The van der Waals surface area contributed by atoms with E-state index in [1.807, 2.05) is 12.1 Å². The number of methoxy groups -OCH3 is 2. The molecule has 1 unspecified atom stereocenters. The molecule has 4 aromatic rings. The zero-order valence-corrected chi connectivity index (χ0v) is 22.1. The van der Waals surface area contributed by atoms with Crippen LogP contribution in [0.15, 0.2) is 83.8 Å². The largest absolute Gasteiger partial charge is 0.468 e. The van der Waals surface area contributed by atoms with E-state index in [9.17, 15) is 23.6 Å². The minimum atomic E-state index is -4.03. The molecule has 9 nitrogen and oxygen atoms in total. The lowest BCUT2D eigenvalue weighted by Crippen LogP contribution is -2.15. The molecule has 1 atom stereocenters. The van der Waals surface area contributed by atoms with Crippen molar-refractivity contribution in [2.45, 2.75) is 17.4 Å².